The van der Waals surface area contributed by atoms with Crippen LogP contribution in [0.2, 0.25) is 0 Å². The van der Waals surface area contributed by atoms with E-state index in [4.69, 9.17) is 15.2 Å². The summed E-state index contributed by atoms with van der Waals surface area (Å²) in [5.41, 5.74) is 6.74. The largest absolute Gasteiger partial charge is 0.383 e. The number of ether oxygens (including phenoxy) is 2. The van der Waals surface area contributed by atoms with Crippen molar-refractivity contribution in [1.82, 2.24) is 4.90 Å². The average molecular weight is 290 g/mol. The van der Waals surface area contributed by atoms with Gasteiger partial charge in [-0.15, -0.1) is 0 Å². The van der Waals surface area contributed by atoms with Gasteiger partial charge in [-0.25, -0.2) is 0 Å². The lowest BCUT2D eigenvalue weighted by atomic mass is 10.1. The van der Waals surface area contributed by atoms with Gasteiger partial charge in [0.05, 0.1) is 19.8 Å². The minimum Gasteiger partial charge on any atom is -0.383 e. The molecule has 0 aliphatic carbocycles. The second-order valence-corrected chi connectivity index (χ2v) is 4.36. The fourth-order valence-electron chi connectivity index (χ4n) is 1.78. The molecule has 2 N–H and O–H groups in total. The van der Waals surface area contributed by atoms with Crippen molar-refractivity contribution < 1.29 is 14.3 Å². The van der Waals surface area contributed by atoms with Crippen LogP contribution in [-0.4, -0.2) is 57.9 Å². The molecule has 21 heavy (non-hydrogen) atoms. The molecule has 0 aliphatic rings. The molecule has 114 valence electrons. The maximum atomic E-state index is 12.5. The van der Waals surface area contributed by atoms with E-state index >= 15 is 0 Å². The summed E-state index contributed by atoms with van der Waals surface area (Å²) < 4.78 is 10.1. The van der Waals surface area contributed by atoms with Crippen LogP contribution in [0.4, 0.5) is 0 Å². The number of methoxy groups -OCH3 is 2. The molecule has 1 amide bonds. The smallest absolute Gasteiger partial charge is 0.254 e. The Morgan fingerprint density at radius 1 is 1.24 bits per heavy atom. The van der Waals surface area contributed by atoms with Crippen LogP contribution in [0.3, 0.4) is 0 Å². The van der Waals surface area contributed by atoms with Gasteiger partial charge >= 0.3 is 0 Å². The number of rotatable bonds is 7. The van der Waals surface area contributed by atoms with Crippen molar-refractivity contribution in [1.29, 1.82) is 0 Å². The third kappa shape index (κ3) is 5.96. The van der Waals surface area contributed by atoms with E-state index in [1.807, 2.05) is 12.1 Å². The van der Waals surface area contributed by atoms with Gasteiger partial charge in [0.1, 0.15) is 0 Å². The van der Waals surface area contributed by atoms with E-state index in [-0.39, 0.29) is 5.91 Å². The number of nitrogens with zero attached hydrogens (tertiary/aromatic N) is 1. The number of amides is 1. The molecule has 0 saturated heterocycles. The molecule has 0 aromatic heterocycles. The molecular formula is C16H22N2O3. The van der Waals surface area contributed by atoms with Crippen LogP contribution in [0.5, 0.6) is 0 Å². The lowest BCUT2D eigenvalue weighted by Gasteiger charge is -2.22. The third-order valence-electron chi connectivity index (χ3n) is 2.86. The Morgan fingerprint density at radius 3 is 2.48 bits per heavy atom. The van der Waals surface area contributed by atoms with E-state index in [9.17, 15) is 4.79 Å². The summed E-state index contributed by atoms with van der Waals surface area (Å²) in [6, 6.07) is 7.23. The summed E-state index contributed by atoms with van der Waals surface area (Å²) in [6.07, 6.45) is 0. The Bertz CT molecular complexity index is 498. The van der Waals surface area contributed by atoms with E-state index in [1.165, 1.54) is 0 Å². The lowest BCUT2D eigenvalue weighted by molar-refractivity contribution is 0.0627. The van der Waals surface area contributed by atoms with Crippen molar-refractivity contribution in [3.63, 3.8) is 0 Å². The maximum Gasteiger partial charge on any atom is 0.254 e. The van der Waals surface area contributed by atoms with Gasteiger partial charge in [0.15, 0.2) is 0 Å². The normalized spacial score (nSPS) is 9.86. The molecule has 0 bridgehead atoms. The second kappa shape index (κ2) is 9.94. The van der Waals surface area contributed by atoms with Crippen molar-refractivity contribution in [2.45, 2.75) is 0 Å². The minimum atomic E-state index is -0.0551. The highest BCUT2D eigenvalue weighted by Gasteiger charge is 2.15. The fourth-order valence-corrected chi connectivity index (χ4v) is 1.78. The molecule has 0 fully saturated rings. The van der Waals surface area contributed by atoms with E-state index in [1.54, 1.807) is 31.3 Å². The Kier molecular flexibility index (Phi) is 8.14. The molecule has 5 heteroatoms. The van der Waals surface area contributed by atoms with Crippen molar-refractivity contribution in [2.75, 3.05) is 47.1 Å². The Hall–Kier alpha value is -1.87. The second-order valence-electron chi connectivity index (χ2n) is 4.36. The first kappa shape index (κ1) is 17.2. The van der Waals surface area contributed by atoms with Gasteiger partial charge < -0.3 is 20.1 Å². The van der Waals surface area contributed by atoms with Gasteiger partial charge in [-0.3, -0.25) is 4.79 Å². The highest BCUT2D eigenvalue weighted by atomic mass is 16.5. The van der Waals surface area contributed by atoms with Gasteiger partial charge in [-0.05, 0) is 18.2 Å². The number of carbonyl (C=O) groups excluding carboxylic acids is 1. The Balaban J connectivity index is 2.86. The number of hydrogen-bond donors (Lipinski definition) is 1. The monoisotopic (exact) mass is 290 g/mol. The first-order chi connectivity index (χ1) is 10.2. The van der Waals surface area contributed by atoms with Gasteiger partial charge in [0.25, 0.3) is 5.91 Å². The first-order valence-electron chi connectivity index (χ1n) is 6.79. The Labute approximate surface area is 126 Å². The summed E-state index contributed by atoms with van der Waals surface area (Å²) in [5.74, 6) is 5.66. The fraction of sp³-hybridized carbons (Fsp3) is 0.438. The summed E-state index contributed by atoms with van der Waals surface area (Å²) in [7, 11) is 3.23. The highest BCUT2D eigenvalue weighted by molar-refractivity contribution is 5.94. The molecule has 0 radical (unpaired) electrons. The van der Waals surface area contributed by atoms with Crippen molar-refractivity contribution >= 4 is 5.91 Å². The summed E-state index contributed by atoms with van der Waals surface area (Å²) in [6.45, 7) is 2.32. The standard InChI is InChI=1S/C16H22N2O3/c1-20-11-9-18(10-12-21-2)16(19)15-7-3-5-14(13-15)6-4-8-17/h3,5,7,13H,8-12,17H2,1-2H3. The lowest BCUT2D eigenvalue weighted by Crippen LogP contribution is -2.36. The van der Waals surface area contributed by atoms with Crippen LogP contribution >= 0.6 is 0 Å². The zero-order valence-corrected chi connectivity index (χ0v) is 12.6. The maximum absolute atomic E-state index is 12.5. The van der Waals surface area contributed by atoms with Gasteiger partial charge in [-0.1, -0.05) is 17.9 Å². The topological polar surface area (TPSA) is 64.8 Å². The van der Waals surface area contributed by atoms with Crippen LogP contribution in [0.25, 0.3) is 0 Å². The van der Waals surface area contributed by atoms with Gasteiger partial charge in [0, 0.05) is 38.4 Å². The summed E-state index contributed by atoms with van der Waals surface area (Å²) in [5, 5.41) is 0. The molecule has 1 rings (SSSR count). The number of carbonyl (C=O) groups is 1. The number of nitrogens with two attached hydrogens (primary N) is 1. The summed E-state index contributed by atoms with van der Waals surface area (Å²) >= 11 is 0. The molecule has 0 aliphatic heterocycles. The molecule has 0 saturated carbocycles. The zero-order chi connectivity index (χ0) is 15.5. The van der Waals surface area contributed by atoms with Crippen LogP contribution in [-0.2, 0) is 9.47 Å². The van der Waals surface area contributed by atoms with E-state index in [0.29, 0.717) is 38.4 Å². The summed E-state index contributed by atoms with van der Waals surface area (Å²) in [4.78, 5) is 14.2. The van der Waals surface area contributed by atoms with E-state index in [0.717, 1.165) is 5.56 Å². The highest BCUT2D eigenvalue weighted by Crippen LogP contribution is 2.08. The van der Waals surface area contributed by atoms with E-state index in [2.05, 4.69) is 11.8 Å². The third-order valence-corrected chi connectivity index (χ3v) is 2.86. The molecular weight excluding hydrogens is 268 g/mol. The van der Waals surface area contributed by atoms with Crippen molar-refractivity contribution in [3.8, 4) is 11.8 Å². The predicted octanol–water partition coefficient (Wildman–Crippen LogP) is 0.732. The van der Waals surface area contributed by atoms with Crippen LogP contribution in [0.1, 0.15) is 15.9 Å². The van der Waals surface area contributed by atoms with Crippen LogP contribution in [0, 0.1) is 11.8 Å². The van der Waals surface area contributed by atoms with Crippen molar-refractivity contribution in [2.24, 2.45) is 5.73 Å². The zero-order valence-electron chi connectivity index (χ0n) is 12.6. The quantitative estimate of drug-likeness (QED) is 0.752. The molecule has 5 nitrogen and oxygen atoms in total. The molecule has 1 aromatic rings. The predicted molar refractivity (Wildman–Crippen MR) is 82.0 cm³/mol. The SMILES string of the molecule is COCCN(CCOC)C(=O)c1cccc(C#CCN)c1. The molecule has 0 unspecified atom stereocenters. The Morgan fingerprint density at radius 2 is 1.90 bits per heavy atom. The average Bonchev–Trinajstić information content (AvgIpc) is 2.53. The number of hydrogen-bond acceptors (Lipinski definition) is 4. The first-order valence-corrected chi connectivity index (χ1v) is 6.79. The van der Waals surface area contributed by atoms with Crippen molar-refractivity contribution in [3.05, 3.63) is 35.4 Å². The molecule has 0 atom stereocenters. The van der Waals surface area contributed by atoms with Gasteiger partial charge in [0.2, 0.25) is 0 Å². The van der Waals surface area contributed by atoms with E-state index < -0.39 is 0 Å². The molecule has 0 spiro atoms. The molecule has 1 aromatic carbocycles. The van der Waals surface area contributed by atoms with Crippen LogP contribution < -0.4 is 5.73 Å². The minimum absolute atomic E-state index is 0.0551. The number of benzene rings is 1. The van der Waals surface area contributed by atoms with Gasteiger partial charge in [-0.2, -0.15) is 0 Å². The van der Waals surface area contributed by atoms with Crippen LogP contribution in [0.15, 0.2) is 24.3 Å². The molecule has 0 heterocycles.